The maximum absolute atomic E-state index is 12.2. The fraction of sp³-hybridized carbons (Fsp3) is 0.158. The largest absolute Gasteiger partial charge is 0.389 e. The van der Waals surface area contributed by atoms with Gasteiger partial charge in [-0.1, -0.05) is 59.1 Å². The van der Waals surface area contributed by atoms with Crippen LogP contribution in [0.15, 0.2) is 54.2 Å². The van der Waals surface area contributed by atoms with Gasteiger partial charge in [0.15, 0.2) is 0 Å². The van der Waals surface area contributed by atoms with E-state index in [1.807, 2.05) is 25.1 Å². The zero-order chi connectivity index (χ0) is 18.2. The molecule has 2 rings (SSSR count). The Morgan fingerprint density at radius 1 is 1.20 bits per heavy atom. The van der Waals surface area contributed by atoms with Crippen molar-refractivity contribution in [1.82, 2.24) is 5.32 Å². The van der Waals surface area contributed by atoms with Crippen molar-refractivity contribution in [3.63, 3.8) is 0 Å². The number of amides is 1. The Morgan fingerprint density at radius 2 is 1.92 bits per heavy atom. The lowest BCUT2D eigenvalue weighted by molar-refractivity contribution is -0.112. The molecule has 1 amide bonds. The van der Waals surface area contributed by atoms with E-state index in [0.29, 0.717) is 17.3 Å². The van der Waals surface area contributed by atoms with Gasteiger partial charge < -0.3 is 10.6 Å². The molecule has 0 aliphatic carbocycles. The molecule has 0 radical (unpaired) electrons. The SMILES string of the molecule is Cc1ccc(CCN/C=C(/C#N)C(=O)Nc2cccc(Cl)c2Cl)cc1. The highest BCUT2D eigenvalue weighted by Crippen LogP contribution is 2.29. The third-order valence-corrected chi connectivity index (χ3v) is 4.31. The summed E-state index contributed by atoms with van der Waals surface area (Å²) >= 11 is 11.9. The molecule has 128 valence electrons. The number of nitrogens with zero attached hydrogens (tertiary/aromatic N) is 1. The second kappa shape index (κ2) is 9.12. The monoisotopic (exact) mass is 373 g/mol. The number of carbonyl (C=O) groups excluding carboxylic acids is 1. The molecule has 0 atom stereocenters. The van der Waals surface area contributed by atoms with Crippen molar-refractivity contribution in [3.8, 4) is 6.07 Å². The summed E-state index contributed by atoms with van der Waals surface area (Å²) in [6, 6.07) is 15.0. The van der Waals surface area contributed by atoms with Crippen molar-refractivity contribution >= 4 is 34.8 Å². The summed E-state index contributed by atoms with van der Waals surface area (Å²) in [4.78, 5) is 12.2. The van der Waals surface area contributed by atoms with Gasteiger partial charge in [0.1, 0.15) is 11.6 Å². The van der Waals surface area contributed by atoms with Crippen LogP contribution in [0.5, 0.6) is 0 Å². The number of anilines is 1. The number of carbonyl (C=O) groups is 1. The van der Waals surface area contributed by atoms with Crippen LogP contribution in [-0.2, 0) is 11.2 Å². The van der Waals surface area contributed by atoms with Crippen molar-refractivity contribution < 1.29 is 4.79 Å². The summed E-state index contributed by atoms with van der Waals surface area (Å²) in [5.74, 6) is -0.547. The molecular weight excluding hydrogens is 357 g/mol. The molecule has 0 heterocycles. The van der Waals surface area contributed by atoms with Crippen LogP contribution in [0.25, 0.3) is 0 Å². The van der Waals surface area contributed by atoms with Gasteiger partial charge in [0, 0.05) is 12.7 Å². The quantitative estimate of drug-likeness (QED) is 0.445. The fourth-order valence-electron chi connectivity index (χ4n) is 2.08. The lowest BCUT2D eigenvalue weighted by atomic mass is 10.1. The Hall–Kier alpha value is -2.48. The molecule has 6 heteroatoms. The van der Waals surface area contributed by atoms with Crippen molar-refractivity contribution in [1.29, 1.82) is 5.26 Å². The predicted octanol–water partition coefficient (Wildman–Crippen LogP) is 4.48. The number of rotatable bonds is 6. The number of halogens is 2. The molecule has 2 aromatic rings. The molecule has 2 N–H and O–H groups in total. The average Bonchev–Trinajstić information content (AvgIpc) is 2.60. The summed E-state index contributed by atoms with van der Waals surface area (Å²) in [5, 5.41) is 15.3. The van der Waals surface area contributed by atoms with Crippen molar-refractivity contribution in [2.45, 2.75) is 13.3 Å². The second-order valence-corrected chi connectivity index (χ2v) is 6.20. The third-order valence-electron chi connectivity index (χ3n) is 3.49. The van der Waals surface area contributed by atoms with Crippen molar-refractivity contribution in [2.24, 2.45) is 0 Å². The Morgan fingerprint density at radius 3 is 2.60 bits per heavy atom. The van der Waals surface area contributed by atoms with Gasteiger partial charge in [-0.3, -0.25) is 4.79 Å². The van der Waals surface area contributed by atoms with Crippen molar-refractivity contribution in [2.75, 3.05) is 11.9 Å². The highest BCUT2D eigenvalue weighted by Gasteiger charge is 2.12. The minimum Gasteiger partial charge on any atom is -0.389 e. The van der Waals surface area contributed by atoms with Gasteiger partial charge >= 0.3 is 0 Å². The summed E-state index contributed by atoms with van der Waals surface area (Å²) in [6.45, 7) is 2.65. The van der Waals surface area contributed by atoms with Crippen molar-refractivity contribution in [3.05, 3.63) is 75.4 Å². The molecule has 0 unspecified atom stereocenters. The Balaban J connectivity index is 1.92. The highest BCUT2D eigenvalue weighted by atomic mass is 35.5. The molecule has 0 aliphatic rings. The van der Waals surface area contributed by atoms with Crippen LogP contribution in [0.1, 0.15) is 11.1 Å². The highest BCUT2D eigenvalue weighted by molar-refractivity contribution is 6.44. The maximum atomic E-state index is 12.2. The third kappa shape index (κ3) is 5.53. The number of nitrogens with one attached hydrogen (secondary N) is 2. The lowest BCUT2D eigenvalue weighted by Crippen LogP contribution is -2.18. The van der Waals surface area contributed by atoms with Gasteiger partial charge in [-0.05, 0) is 31.0 Å². The average molecular weight is 374 g/mol. The van der Waals surface area contributed by atoms with Crippen LogP contribution >= 0.6 is 23.2 Å². The minimum atomic E-state index is -0.547. The summed E-state index contributed by atoms with van der Waals surface area (Å²) < 4.78 is 0. The first-order valence-corrected chi connectivity index (χ1v) is 8.41. The molecule has 0 aromatic heterocycles. The molecule has 0 saturated heterocycles. The number of hydrogen-bond acceptors (Lipinski definition) is 3. The molecule has 0 saturated carbocycles. The van der Waals surface area contributed by atoms with E-state index in [1.54, 1.807) is 18.2 Å². The molecule has 2 aromatic carbocycles. The standard InChI is InChI=1S/C19H17Cl2N3O/c1-13-5-7-14(8-6-13)9-10-23-12-15(11-22)19(25)24-17-4-2-3-16(20)18(17)21/h2-8,12,23H,9-10H2,1H3,(H,24,25)/b15-12-. The first-order chi connectivity index (χ1) is 12.0. The van der Waals surface area contributed by atoms with Gasteiger partial charge in [0.25, 0.3) is 5.91 Å². The van der Waals surface area contributed by atoms with E-state index < -0.39 is 5.91 Å². The second-order valence-electron chi connectivity index (χ2n) is 5.42. The summed E-state index contributed by atoms with van der Waals surface area (Å²) in [7, 11) is 0. The zero-order valence-electron chi connectivity index (χ0n) is 13.6. The van der Waals surface area contributed by atoms with Crippen LogP contribution < -0.4 is 10.6 Å². The predicted molar refractivity (Wildman–Crippen MR) is 102 cm³/mol. The maximum Gasteiger partial charge on any atom is 0.267 e. The van der Waals surface area contributed by atoms with Crippen LogP contribution in [0.3, 0.4) is 0 Å². The van der Waals surface area contributed by atoms with Crippen LogP contribution in [0.2, 0.25) is 10.0 Å². The number of aryl methyl sites for hydroxylation is 1. The van der Waals surface area contributed by atoms with Crippen LogP contribution in [0, 0.1) is 18.3 Å². The molecule has 0 fully saturated rings. The summed E-state index contributed by atoms with van der Waals surface area (Å²) in [5.41, 5.74) is 2.71. The molecule has 0 spiro atoms. The molecule has 4 nitrogen and oxygen atoms in total. The van der Waals surface area contributed by atoms with Crippen LogP contribution in [-0.4, -0.2) is 12.5 Å². The zero-order valence-corrected chi connectivity index (χ0v) is 15.2. The molecule has 0 aliphatic heterocycles. The molecular formula is C19H17Cl2N3O. The van der Waals surface area contributed by atoms with E-state index in [2.05, 4.69) is 22.8 Å². The molecule has 0 bridgehead atoms. The number of benzene rings is 2. The first-order valence-electron chi connectivity index (χ1n) is 7.66. The number of nitriles is 1. The van der Waals surface area contributed by atoms with E-state index >= 15 is 0 Å². The van der Waals surface area contributed by atoms with Gasteiger partial charge in [0.05, 0.1) is 15.7 Å². The van der Waals surface area contributed by atoms with Gasteiger partial charge in [0.2, 0.25) is 0 Å². The first kappa shape index (κ1) is 18.9. The van der Waals surface area contributed by atoms with E-state index in [9.17, 15) is 4.79 Å². The topological polar surface area (TPSA) is 64.9 Å². The van der Waals surface area contributed by atoms with Crippen LogP contribution in [0.4, 0.5) is 5.69 Å². The Labute approximate surface area is 157 Å². The Bertz CT molecular complexity index is 824. The van der Waals surface area contributed by atoms with E-state index in [0.717, 1.165) is 6.42 Å². The van der Waals surface area contributed by atoms with Gasteiger partial charge in [-0.15, -0.1) is 0 Å². The van der Waals surface area contributed by atoms with E-state index in [4.69, 9.17) is 28.5 Å². The molecule has 25 heavy (non-hydrogen) atoms. The van der Waals surface area contributed by atoms with E-state index in [-0.39, 0.29) is 10.6 Å². The summed E-state index contributed by atoms with van der Waals surface area (Å²) in [6.07, 6.45) is 2.19. The Kier molecular flexibility index (Phi) is 6.88. The van der Waals surface area contributed by atoms with E-state index in [1.165, 1.54) is 17.3 Å². The lowest BCUT2D eigenvalue weighted by Gasteiger charge is -2.08. The van der Waals surface area contributed by atoms with Gasteiger partial charge in [-0.2, -0.15) is 5.26 Å². The normalized spacial score (nSPS) is 10.9. The smallest absolute Gasteiger partial charge is 0.267 e. The van der Waals surface area contributed by atoms with Gasteiger partial charge in [-0.25, -0.2) is 0 Å². The number of hydrogen-bond donors (Lipinski definition) is 2. The fourth-order valence-corrected chi connectivity index (χ4v) is 2.43. The minimum absolute atomic E-state index is 0.0417.